The van der Waals surface area contributed by atoms with Gasteiger partial charge in [0.15, 0.2) is 0 Å². The molecule has 14 heavy (non-hydrogen) atoms. The number of rotatable bonds is 3. The number of hydrogen-bond acceptors (Lipinski definition) is 2. The molecule has 1 N–H and O–H groups in total. The van der Waals surface area contributed by atoms with Crippen molar-refractivity contribution in [3.63, 3.8) is 0 Å². The van der Waals surface area contributed by atoms with E-state index in [-0.39, 0.29) is 0 Å². The minimum atomic E-state index is -0.799. The van der Waals surface area contributed by atoms with Gasteiger partial charge in [0.1, 0.15) is 0 Å². The Morgan fingerprint density at radius 2 is 2.21 bits per heavy atom. The normalized spacial score (nSPS) is 12.5. The van der Waals surface area contributed by atoms with E-state index >= 15 is 0 Å². The second-order valence-corrected chi connectivity index (χ2v) is 3.51. The van der Waals surface area contributed by atoms with Crippen LogP contribution < -0.4 is 0 Å². The van der Waals surface area contributed by atoms with Crippen LogP contribution in [0.15, 0.2) is 12.3 Å². The lowest BCUT2D eigenvalue weighted by molar-refractivity contribution is -0.139. The fourth-order valence-electron chi connectivity index (χ4n) is 1.58. The van der Waals surface area contributed by atoms with Crippen molar-refractivity contribution in [1.29, 1.82) is 0 Å². The molecule has 0 saturated carbocycles. The van der Waals surface area contributed by atoms with Crippen molar-refractivity contribution in [2.45, 2.75) is 33.1 Å². The third kappa shape index (κ3) is 2.10. The molecule has 0 radical (unpaired) electrons. The zero-order valence-corrected chi connectivity index (χ0v) is 8.74. The Kier molecular flexibility index (Phi) is 3.23. The molecule has 0 bridgehead atoms. The average Bonchev–Trinajstić information content (AvgIpc) is 2.09. The molecule has 1 unspecified atom stereocenters. The molecule has 1 aromatic rings. The van der Waals surface area contributed by atoms with E-state index in [1.165, 1.54) is 0 Å². The SMILES string of the molecule is CCC(C(=O)O)c1ncc(C)cc1C. The Morgan fingerprint density at radius 3 is 2.64 bits per heavy atom. The lowest BCUT2D eigenvalue weighted by atomic mass is 9.97. The van der Waals surface area contributed by atoms with E-state index in [9.17, 15) is 4.79 Å². The van der Waals surface area contributed by atoms with Crippen molar-refractivity contribution in [2.75, 3.05) is 0 Å². The standard InChI is InChI=1S/C11H15NO2/c1-4-9(11(13)14)10-8(3)5-7(2)6-12-10/h5-6,9H,4H2,1-3H3,(H,13,14). The van der Waals surface area contributed by atoms with Crippen LogP contribution in [0, 0.1) is 13.8 Å². The summed E-state index contributed by atoms with van der Waals surface area (Å²) in [6, 6.07) is 1.97. The average molecular weight is 193 g/mol. The third-order valence-corrected chi connectivity index (χ3v) is 2.29. The molecule has 0 aromatic carbocycles. The summed E-state index contributed by atoms with van der Waals surface area (Å²) in [6.07, 6.45) is 2.29. The summed E-state index contributed by atoms with van der Waals surface area (Å²) in [7, 11) is 0. The Bertz CT molecular complexity index is 347. The molecule has 0 spiro atoms. The number of aromatic nitrogens is 1. The van der Waals surface area contributed by atoms with Crippen LogP contribution in [0.5, 0.6) is 0 Å². The number of carboxylic acid groups (broad SMARTS) is 1. The fraction of sp³-hybridized carbons (Fsp3) is 0.455. The van der Waals surface area contributed by atoms with Crippen LogP contribution in [0.25, 0.3) is 0 Å². The summed E-state index contributed by atoms with van der Waals surface area (Å²) >= 11 is 0. The highest BCUT2D eigenvalue weighted by molar-refractivity contribution is 5.75. The van der Waals surface area contributed by atoms with Crippen LogP contribution in [0.2, 0.25) is 0 Å². The monoisotopic (exact) mass is 193 g/mol. The summed E-state index contributed by atoms with van der Waals surface area (Å²) in [6.45, 7) is 5.71. The number of hydrogen-bond donors (Lipinski definition) is 1. The van der Waals surface area contributed by atoms with Crippen LogP contribution in [0.3, 0.4) is 0 Å². The zero-order chi connectivity index (χ0) is 10.7. The first-order chi connectivity index (χ1) is 6.56. The van der Waals surface area contributed by atoms with Crippen molar-refractivity contribution in [3.05, 3.63) is 29.1 Å². The predicted octanol–water partition coefficient (Wildman–Crippen LogP) is 2.28. The van der Waals surface area contributed by atoms with Crippen LogP contribution in [-0.2, 0) is 4.79 Å². The minimum Gasteiger partial charge on any atom is -0.481 e. The molecule has 1 aromatic heterocycles. The maximum Gasteiger partial charge on any atom is 0.312 e. The van der Waals surface area contributed by atoms with Crippen LogP contribution in [0.4, 0.5) is 0 Å². The summed E-state index contributed by atoms with van der Waals surface area (Å²) < 4.78 is 0. The van der Waals surface area contributed by atoms with E-state index in [1.54, 1.807) is 6.20 Å². The molecule has 3 heteroatoms. The van der Waals surface area contributed by atoms with Crippen molar-refractivity contribution < 1.29 is 9.90 Å². The number of carbonyl (C=O) groups is 1. The maximum atomic E-state index is 10.9. The Labute approximate surface area is 83.8 Å². The molecule has 1 atom stereocenters. The van der Waals surface area contributed by atoms with Crippen LogP contribution >= 0.6 is 0 Å². The molecule has 1 rings (SSSR count). The van der Waals surface area contributed by atoms with Gasteiger partial charge < -0.3 is 5.11 Å². The highest BCUT2D eigenvalue weighted by atomic mass is 16.4. The van der Waals surface area contributed by atoms with Gasteiger partial charge in [-0.2, -0.15) is 0 Å². The number of pyridine rings is 1. The Morgan fingerprint density at radius 1 is 1.57 bits per heavy atom. The van der Waals surface area contributed by atoms with Gasteiger partial charge >= 0.3 is 5.97 Å². The molecule has 0 aliphatic heterocycles. The van der Waals surface area contributed by atoms with Crippen molar-refractivity contribution in [2.24, 2.45) is 0 Å². The summed E-state index contributed by atoms with van der Waals surface area (Å²) in [5, 5.41) is 8.98. The van der Waals surface area contributed by atoms with Gasteiger partial charge in [-0.05, 0) is 31.4 Å². The van der Waals surface area contributed by atoms with E-state index in [1.807, 2.05) is 26.8 Å². The van der Waals surface area contributed by atoms with Gasteiger partial charge in [-0.15, -0.1) is 0 Å². The zero-order valence-electron chi connectivity index (χ0n) is 8.74. The molecular formula is C11H15NO2. The molecular weight excluding hydrogens is 178 g/mol. The topological polar surface area (TPSA) is 50.2 Å². The Balaban J connectivity index is 3.10. The first kappa shape index (κ1) is 10.7. The van der Waals surface area contributed by atoms with E-state index < -0.39 is 11.9 Å². The molecule has 0 saturated heterocycles. The quantitative estimate of drug-likeness (QED) is 0.801. The van der Waals surface area contributed by atoms with E-state index in [2.05, 4.69) is 4.98 Å². The second-order valence-electron chi connectivity index (χ2n) is 3.51. The number of aliphatic carboxylic acids is 1. The van der Waals surface area contributed by atoms with E-state index in [4.69, 9.17) is 5.11 Å². The summed E-state index contributed by atoms with van der Waals surface area (Å²) in [5.74, 6) is -1.28. The fourth-order valence-corrected chi connectivity index (χ4v) is 1.58. The van der Waals surface area contributed by atoms with Gasteiger partial charge in [-0.3, -0.25) is 9.78 Å². The van der Waals surface area contributed by atoms with Gasteiger partial charge in [-0.25, -0.2) is 0 Å². The maximum absolute atomic E-state index is 10.9. The van der Waals surface area contributed by atoms with Crippen molar-refractivity contribution >= 4 is 5.97 Å². The smallest absolute Gasteiger partial charge is 0.312 e. The van der Waals surface area contributed by atoms with Gasteiger partial charge in [0.05, 0.1) is 11.6 Å². The molecule has 0 aliphatic carbocycles. The summed E-state index contributed by atoms with van der Waals surface area (Å²) in [5.41, 5.74) is 2.70. The first-order valence-electron chi connectivity index (χ1n) is 4.72. The van der Waals surface area contributed by atoms with E-state index in [0.29, 0.717) is 12.1 Å². The predicted molar refractivity (Wildman–Crippen MR) is 54.4 cm³/mol. The van der Waals surface area contributed by atoms with Crippen molar-refractivity contribution in [3.8, 4) is 0 Å². The number of aryl methyl sites for hydroxylation is 2. The first-order valence-corrected chi connectivity index (χ1v) is 4.72. The second kappa shape index (κ2) is 4.22. The van der Waals surface area contributed by atoms with Crippen LogP contribution in [0.1, 0.15) is 36.1 Å². The third-order valence-electron chi connectivity index (χ3n) is 2.29. The lowest BCUT2D eigenvalue weighted by Crippen LogP contribution is -2.13. The van der Waals surface area contributed by atoms with Crippen LogP contribution in [-0.4, -0.2) is 16.1 Å². The molecule has 3 nitrogen and oxygen atoms in total. The Hall–Kier alpha value is -1.38. The molecule has 76 valence electrons. The molecule has 1 heterocycles. The number of nitrogens with zero attached hydrogens (tertiary/aromatic N) is 1. The largest absolute Gasteiger partial charge is 0.481 e. The molecule has 0 fully saturated rings. The number of carboxylic acids is 1. The molecule has 0 aliphatic rings. The van der Waals surface area contributed by atoms with Gasteiger partial charge in [0.2, 0.25) is 0 Å². The van der Waals surface area contributed by atoms with E-state index in [0.717, 1.165) is 11.1 Å². The molecule has 0 amide bonds. The van der Waals surface area contributed by atoms with Gasteiger partial charge in [-0.1, -0.05) is 13.0 Å². The summed E-state index contributed by atoms with van der Waals surface area (Å²) in [4.78, 5) is 15.1. The van der Waals surface area contributed by atoms with Gasteiger partial charge in [0.25, 0.3) is 0 Å². The highest BCUT2D eigenvalue weighted by Gasteiger charge is 2.20. The minimum absolute atomic E-state index is 0.476. The highest BCUT2D eigenvalue weighted by Crippen LogP contribution is 2.21. The van der Waals surface area contributed by atoms with Crippen molar-refractivity contribution in [1.82, 2.24) is 4.98 Å². The van der Waals surface area contributed by atoms with Gasteiger partial charge in [0, 0.05) is 6.20 Å². The lowest BCUT2D eigenvalue weighted by Gasteiger charge is -2.12.